The molecule has 0 radical (unpaired) electrons. The van der Waals surface area contributed by atoms with Crippen molar-refractivity contribution in [2.45, 2.75) is 18.0 Å². The zero-order valence-electron chi connectivity index (χ0n) is 18.5. The van der Waals surface area contributed by atoms with E-state index in [-0.39, 0.29) is 22.7 Å². The van der Waals surface area contributed by atoms with Crippen LogP contribution in [0.5, 0.6) is 5.88 Å². The van der Waals surface area contributed by atoms with Gasteiger partial charge in [0.2, 0.25) is 5.88 Å². The number of para-hydroxylation sites is 1. The van der Waals surface area contributed by atoms with Crippen LogP contribution in [0.2, 0.25) is 0 Å². The lowest BCUT2D eigenvalue weighted by molar-refractivity contribution is 0.0950. The minimum Gasteiger partial charge on any atom is -0.473 e. The number of amides is 1. The minimum absolute atomic E-state index is 0.149. The molecule has 0 aliphatic carbocycles. The van der Waals surface area contributed by atoms with Gasteiger partial charge in [0, 0.05) is 24.4 Å². The van der Waals surface area contributed by atoms with Crippen LogP contribution < -0.4 is 14.8 Å². The standard InChI is InChI=1S/C26H22FN3O4S/c27-23-11-4-5-12-24(23)30-35(32,33)22-10-6-9-21(16-22)26(31)29-17-20-13-14-28-25(15-20)34-18-19-7-2-1-3-8-19/h1-16,30H,17-18H2,(H,29,31). The number of sulfonamides is 1. The fraction of sp³-hybridized carbons (Fsp3) is 0.0769. The maximum Gasteiger partial charge on any atom is 0.262 e. The molecule has 0 fully saturated rings. The molecule has 7 nitrogen and oxygen atoms in total. The summed E-state index contributed by atoms with van der Waals surface area (Å²) >= 11 is 0. The number of nitrogens with one attached hydrogen (secondary N) is 2. The van der Waals surface area contributed by atoms with Gasteiger partial charge < -0.3 is 10.1 Å². The maximum atomic E-state index is 13.9. The third kappa shape index (κ3) is 6.42. The average molecular weight is 492 g/mol. The van der Waals surface area contributed by atoms with Crippen LogP contribution in [0.25, 0.3) is 0 Å². The van der Waals surface area contributed by atoms with Crippen LogP contribution in [0, 0.1) is 5.82 Å². The zero-order chi connectivity index (χ0) is 24.7. The summed E-state index contributed by atoms with van der Waals surface area (Å²) in [6.45, 7) is 0.555. The quantitative estimate of drug-likeness (QED) is 0.359. The molecule has 1 aromatic heterocycles. The van der Waals surface area contributed by atoms with Crippen molar-refractivity contribution in [2.24, 2.45) is 0 Å². The van der Waals surface area contributed by atoms with E-state index in [9.17, 15) is 17.6 Å². The first-order chi connectivity index (χ1) is 16.9. The third-order valence-electron chi connectivity index (χ3n) is 5.01. The smallest absolute Gasteiger partial charge is 0.262 e. The Labute approximate surface area is 202 Å². The topological polar surface area (TPSA) is 97.4 Å². The second-order valence-electron chi connectivity index (χ2n) is 7.57. The number of hydrogen-bond acceptors (Lipinski definition) is 5. The summed E-state index contributed by atoms with van der Waals surface area (Å²) in [5.74, 6) is -0.737. The van der Waals surface area contributed by atoms with Crippen molar-refractivity contribution in [3.8, 4) is 5.88 Å². The van der Waals surface area contributed by atoms with Crippen LogP contribution in [0.1, 0.15) is 21.5 Å². The molecule has 0 spiro atoms. The molecule has 1 amide bonds. The van der Waals surface area contributed by atoms with Gasteiger partial charge in [-0.3, -0.25) is 9.52 Å². The summed E-state index contributed by atoms with van der Waals surface area (Å²) in [6, 6.07) is 24.1. The molecule has 0 aliphatic rings. The maximum absolute atomic E-state index is 13.9. The summed E-state index contributed by atoms with van der Waals surface area (Å²) < 4.78 is 47.1. The molecule has 4 aromatic rings. The van der Waals surface area contributed by atoms with Gasteiger partial charge in [0.15, 0.2) is 0 Å². The number of hydrogen-bond donors (Lipinski definition) is 2. The highest BCUT2D eigenvalue weighted by atomic mass is 32.2. The molecule has 0 bridgehead atoms. The molecule has 2 N–H and O–H groups in total. The van der Waals surface area contributed by atoms with E-state index in [0.29, 0.717) is 12.5 Å². The first-order valence-corrected chi connectivity index (χ1v) is 12.2. The molecule has 0 saturated carbocycles. The van der Waals surface area contributed by atoms with E-state index >= 15 is 0 Å². The van der Waals surface area contributed by atoms with Crippen LogP contribution in [0.3, 0.4) is 0 Å². The molecule has 178 valence electrons. The Kier molecular flexibility index (Phi) is 7.37. The number of rotatable bonds is 9. The van der Waals surface area contributed by atoms with E-state index in [1.165, 1.54) is 42.5 Å². The average Bonchev–Trinajstić information content (AvgIpc) is 2.88. The number of anilines is 1. The highest BCUT2D eigenvalue weighted by Gasteiger charge is 2.18. The Morgan fingerprint density at radius 2 is 1.66 bits per heavy atom. The van der Waals surface area contributed by atoms with E-state index in [4.69, 9.17) is 4.74 Å². The number of ether oxygens (including phenoxy) is 1. The number of carbonyl (C=O) groups excluding carboxylic acids is 1. The van der Waals surface area contributed by atoms with Gasteiger partial charge in [-0.15, -0.1) is 0 Å². The van der Waals surface area contributed by atoms with E-state index in [2.05, 4.69) is 15.0 Å². The first-order valence-electron chi connectivity index (χ1n) is 10.7. The van der Waals surface area contributed by atoms with Crippen LogP contribution in [0.15, 0.2) is 102 Å². The second kappa shape index (κ2) is 10.8. The lowest BCUT2D eigenvalue weighted by Gasteiger charge is -2.11. The van der Waals surface area contributed by atoms with E-state index in [0.717, 1.165) is 17.2 Å². The summed E-state index contributed by atoms with van der Waals surface area (Å²) in [5.41, 5.74) is 1.75. The van der Waals surface area contributed by atoms with E-state index in [1.807, 2.05) is 30.3 Å². The predicted octanol–water partition coefficient (Wildman–Crippen LogP) is 4.53. The van der Waals surface area contributed by atoms with Gasteiger partial charge in [-0.1, -0.05) is 48.5 Å². The summed E-state index contributed by atoms with van der Waals surface area (Å²) in [6.07, 6.45) is 1.59. The lowest BCUT2D eigenvalue weighted by atomic mass is 10.2. The minimum atomic E-state index is -4.09. The summed E-state index contributed by atoms with van der Waals surface area (Å²) in [4.78, 5) is 16.7. The Morgan fingerprint density at radius 3 is 2.46 bits per heavy atom. The van der Waals surface area contributed by atoms with Gasteiger partial charge in [0.1, 0.15) is 12.4 Å². The number of nitrogens with zero attached hydrogens (tertiary/aromatic N) is 1. The van der Waals surface area contributed by atoms with Gasteiger partial charge in [0.25, 0.3) is 15.9 Å². The normalized spacial score (nSPS) is 11.0. The van der Waals surface area contributed by atoms with Gasteiger partial charge >= 0.3 is 0 Å². The molecule has 0 saturated heterocycles. The highest BCUT2D eigenvalue weighted by Crippen LogP contribution is 2.20. The first kappa shape index (κ1) is 23.9. The summed E-state index contributed by atoms with van der Waals surface area (Å²) in [7, 11) is -4.09. The molecular weight excluding hydrogens is 469 g/mol. The van der Waals surface area contributed by atoms with Crippen LogP contribution >= 0.6 is 0 Å². The molecule has 0 unspecified atom stereocenters. The predicted molar refractivity (Wildman–Crippen MR) is 130 cm³/mol. The Balaban J connectivity index is 1.39. The van der Waals surface area contributed by atoms with E-state index in [1.54, 1.807) is 18.3 Å². The van der Waals surface area contributed by atoms with Gasteiger partial charge in [0.05, 0.1) is 10.6 Å². The molecule has 0 atom stereocenters. The fourth-order valence-electron chi connectivity index (χ4n) is 3.21. The van der Waals surface area contributed by atoms with Gasteiger partial charge in [-0.25, -0.2) is 17.8 Å². The molecular formula is C26H22FN3O4S. The van der Waals surface area contributed by atoms with Crippen LogP contribution in [-0.2, 0) is 23.2 Å². The second-order valence-corrected chi connectivity index (χ2v) is 9.25. The zero-order valence-corrected chi connectivity index (χ0v) is 19.3. The Hall–Kier alpha value is -4.24. The monoisotopic (exact) mass is 491 g/mol. The molecule has 1 heterocycles. The lowest BCUT2D eigenvalue weighted by Crippen LogP contribution is -2.23. The summed E-state index contributed by atoms with van der Waals surface area (Å²) in [5, 5.41) is 2.76. The molecule has 0 aliphatic heterocycles. The van der Waals surface area contributed by atoms with Crippen molar-refractivity contribution in [3.05, 3.63) is 120 Å². The number of carbonyl (C=O) groups is 1. The Morgan fingerprint density at radius 1 is 0.886 bits per heavy atom. The molecule has 35 heavy (non-hydrogen) atoms. The van der Waals surface area contributed by atoms with Crippen molar-refractivity contribution in [1.29, 1.82) is 0 Å². The number of pyridine rings is 1. The molecule has 9 heteroatoms. The van der Waals surface area contributed by atoms with Crippen LogP contribution in [0.4, 0.5) is 10.1 Å². The largest absolute Gasteiger partial charge is 0.473 e. The van der Waals surface area contributed by atoms with Gasteiger partial charge in [-0.2, -0.15) is 0 Å². The molecule has 3 aromatic carbocycles. The van der Waals surface area contributed by atoms with Crippen molar-refractivity contribution in [1.82, 2.24) is 10.3 Å². The number of aromatic nitrogens is 1. The Bertz CT molecular complexity index is 1430. The van der Waals surface area contributed by atoms with E-state index < -0.39 is 21.7 Å². The highest BCUT2D eigenvalue weighted by molar-refractivity contribution is 7.92. The van der Waals surface area contributed by atoms with Gasteiger partial charge in [-0.05, 0) is 47.5 Å². The van der Waals surface area contributed by atoms with Crippen molar-refractivity contribution >= 4 is 21.6 Å². The number of benzene rings is 3. The van der Waals surface area contributed by atoms with Crippen molar-refractivity contribution in [3.63, 3.8) is 0 Å². The number of halogens is 1. The van der Waals surface area contributed by atoms with Crippen molar-refractivity contribution in [2.75, 3.05) is 4.72 Å². The fourth-order valence-corrected chi connectivity index (χ4v) is 4.32. The third-order valence-corrected chi connectivity index (χ3v) is 6.37. The SMILES string of the molecule is O=C(NCc1ccnc(OCc2ccccc2)c1)c1cccc(S(=O)(=O)Nc2ccccc2F)c1. The van der Waals surface area contributed by atoms with Crippen molar-refractivity contribution < 1.29 is 22.3 Å². The molecule has 4 rings (SSSR count). The van der Waals surface area contributed by atoms with Crippen LogP contribution in [-0.4, -0.2) is 19.3 Å².